The topological polar surface area (TPSA) is 42.2 Å². The van der Waals surface area contributed by atoms with E-state index in [9.17, 15) is 0 Å². The molecule has 0 spiro atoms. The largest absolute Gasteiger partial charge is 0.337 e. The van der Waals surface area contributed by atoms with Gasteiger partial charge < -0.3 is 4.52 Å². The summed E-state index contributed by atoms with van der Waals surface area (Å²) in [5.74, 6) is 1.44. The first-order valence-electron chi connectivity index (χ1n) is 9.07. The highest BCUT2D eigenvalue weighted by Gasteiger charge is 2.28. The van der Waals surface area contributed by atoms with Crippen molar-refractivity contribution in [3.05, 3.63) is 72.1 Å². The van der Waals surface area contributed by atoms with Gasteiger partial charge in [-0.1, -0.05) is 72.2 Å². The Morgan fingerprint density at radius 3 is 2.52 bits per heavy atom. The summed E-state index contributed by atoms with van der Waals surface area (Å²) in [7, 11) is 0. The predicted octanol–water partition coefficient (Wildman–Crippen LogP) is 4.51. The summed E-state index contributed by atoms with van der Waals surface area (Å²) in [6.45, 7) is 2.12. The molecule has 3 aromatic rings. The van der Waals surface area contributed by atoms with Crippen LogP contribution in [0.2, 0.25) is 0 Å². The van der Waals surface area contributed by atoms with Crippen LogP contribution < -0.4 is 0 Å². The number of nitrogens with zero attached hydrogens (tertiary/aromatic N) is 3. The SMILES string of the molecule is c1ccc(CCN2CCCCC2c2nc(-c3ccccc3)no2)cc1. The van der Waals surface area contributed by atoms with E-state index in [1.54, 1.807) is 0 Å². The minimum atomic E-state index is 0.238. The van der Waals surface area contributed by atoms with Gasteiger partial charge in [-0.05, 0) is 31.4 Å². The first-order chi connectivity index (χ1) is 12.4. The molecule has 4 rings (SSSR count). The quantitative estimate of drug-likeness (QED) is 0.689. The van der Waals surface area contributed by atoms with E-state index in [2.05, 4.69) is 45.4 Å². The molecule has 2 aromatic carbocycles. The Hall–Kier alpha value is -2.46. The van der Waals surface area contributed by atoms with Crippen molar-refractivity contribution in [3.63, 3.8) is 0 Å². The lowest BCUT2D eigenvalue weighted by Gasteiger charge is -2.33. The molecule has 1 aliphatic rings. The third kappa shape index (κ3) is 3.80. The first-order valence-corrected chi connectivity index (χ1v) is 9.07. The van der Waals surface area contributed by atoms with Crippen LogP contribution in [-0.4, -0.2) is 28.1 Å². The Bertz CT molecular complexity index is 785. The van der Waals surface area contributed by atoms with Crippen molar-refractivity contribution in [1.29, 1.82) is 0 Å². The predicted molar refractivity (Wildman–Crippen MR) is 98.0 cm³/mol. The van der Waals surface area contributed by atoms with Crippen LogP contribution in [0.1, 0.15) is 36.8 Å². The van der Waals surface area contributed by atoms with Crippen molar-refractivity contribution in [2.45, 2.75) is 31.7 Å². The van der Waals surface area contributed by atoms with Gasteiger partial charge in [0.25, 0.3) is 0 Å². The molecular formula is C21H23N3O. The van der Waals surface area contributed by atoms with E-state index < -0.39 is 0 Å². The van der Waals surface area contributed by atoms with Crippen molar-refractivity contribution in [1.82, 2.24) is 15.0 Å². The molecule has 128 valence electrons. The van der Waals surface area contributed by atoms with Crippen molar-refractivity contribution in [2.24, 2.45) is 0 Å². The van der Waals surface area contributed by atoms with Crippen LogP contribution in [-0.2, 0) is 6.42 Å². The zero-order valence-corrected chi connectivity index (χ0v) is 14.3. The number of piperidine rings is 1. The van der Waals surface area contributed by atoms with Gasteiger partial charge in [0.1, 0.15) is 0 Å². The molecule has 0 bridgehead atoms. The average Bonchev–Trinajstić information content (AvgIpc) is 3.18. The van der Waals surface area contributed by atoms with Crippen LogP contribution in [0.5, 0.6) is 0 Å². The minimum Gasteiger partial charge on any atom is -0.337 e. The number of likely N-dealkylation sites (tertiary alicyclic amines) is 1. The molecule has 4 nitrogen and oxygen atoms in total. The van der Waals surface area contributed by atoms with Gasteiger partial charge in [-0.15, -0.1) is 0 Å². The fraction of sp³-hybridized carbons (Fsp3) is 0.333. The number of aromatic nitrogens is 2. The molecular weight excluding hydrogens is 310 g/mol. The maximum atomic E-state index is 5.64. The normalized spacial score (nSPS) is 18.3. The Labute approximate surface area is 148 Å². The Balaban J connectivity index is 1.48. The molecule has 0 amide bonds. The molecule has 0 aliphatic carbocycles. The van der Waals surface area contributed by atoms with Gasteiger partial charge in [0.2, 0.25) is 11.7 Å². The lowest BCUT2D eigenvalue weighted by atomic mass is 10.0. The van der Waals surface area contributed by atoms with E-state index in [4.69, 9.17) is 4.52 Å². The van der Waals surface area contributed by atoms with Gasteiger partial charge in [0, 0.05) is 12.1 Å². The van der Waals surface area contributed by atoms with Crippen molar-refractivity contribution in [2.75, 3.05) is 13.1 Å². The Morgan fingerprint density at radius 2 is 1.72 bits per heavy atom. The van der Waals surface area contributed by atoms with Crippen molar-refractivity contribution >= 4 is 0 Å². The van der Waals surface area contributed by atoms with Gasteiger partial charge in [0.05, 0.1) is 6.04 Å². The molecule has 1 unspecified atom stereocenters. The Kier molecular flexibility index (Phi) is 4.89. The fourth-order valence-corrected chi connectivity index (χ4v) is 3.53. The molecule has 0 radical (unpaired) electrons. The highest BCUT2D eigenvalue weighted by molar-refractivity contribution is 5.53. The van der Waals surface area contributed by atoms with Gasteiger partial charge in [0.15, 0.2) is 0 Å². The molecule has 1 fully saturated rings. The molecule has 1 atom stereocenters. The second-order valence-corrected chi connectivity index (χ2v) is 6.61. The van der Waals surface area contributed by atoms with E-state index in [0.29, 0.717) is 5.82 Å². The summed E-state index contributed by atoms with van der Waals surface area (Å²) in [6.07, 6.45) is 4.60. The lowest BCUT2D eigenvalue weighted by molar-refractivity contribution is 0.120. The van der Waals surface area contributed by atoms with Crippen LogP contribution in [0.15, 0.2) is 65.2 Å². The van der Waals surface area contributed by atoms with Crippen LogP contribution in [0.25, 0.3) is 11.4 Å². The van der Waals surface area contributed by atoms with E-state index in [1.807, 2.05) is 30.3 Å². The summed E-state index contributed by atoms with van der Waals surface area (Å²) < 4.78 is 5.64. The van der Waals surface area contributed by atoms with Gasteiger partial charge in [-0.25, -0.2) is 0 Å². The maximum Gasteiger partial charge on any atom is 0.244 e. The maximum absolute atomic E-state index is 5.64. The summed E-state index contributed by atoms with van der Waals surface area (Å²) in [5, 5.41) is 4.20. The summed E-state index contributed by atoms with van der Waals surface area (Å²) >= 11 is 0. The molecule has 1 saturated heterocycles. The summed E-state index contributed by atoms with van der Waals surface area (Å²) in [6, 6.07) is 20.9. The van der Waals surface area contributed by atoms with E-state index >= 15 is 0 Å². The van der Waals surface area contributed by atoms with E-state index in [0.717, 1.165) is 37.4 Å². The third-order valence-corrected chi connectivity index (χ3v) is 4.90. The monoisotopic (exact) mass is 333 g/mol. The molecule has 1 aliphatic heterocycles. The van der Waals surface area contributed by atoms with Gasteiger partial charge in [-0.2, -0.15) is 4.98 Å². The first kappa shape index (κ1) is 16.0. The summed E-state index contributed by atoms with van der Waals surface area (Å²) in [4.78, 5) is 7.19. The molecule has 2 heterocycles. The van der Waals surface area contributed by atoms with Crippen LogP contribution >= 0.6 is 0 Å². The van der Waals surface area contributed by atoms with Crippen molar-refractivity contribution in [3.8, 4) is 11.4 Å². The number of rotatable bonds is 5. The van der Waals surface area contributed by atoms with Crippen LogP contribution in [0.4, 0.5) is 0 Å². The zero-order chi connectivity index (χ0) is 16.9. The number of hydrogen-bond donors (Lipinski definition) is 0. The second-order valence-electron chi connectivity index (χ2n) is 6.61. The molecule has 4 heteroatoms. The molecule has 1 aromatic heterocycles. The third-order valence-electron chi connectivity index (χ3n) is 4.90. The highest BCUT2D eigenvalue weighted by atomic mass is 16.5. The number of benzene rings is 2. The standard InChI is InChI=1S/C21H23N3O/c1-3-9-17(10-4-1)14-16-24-15-8-7-13-19(24)21-22-20(23-25-21)18-11-5-2-6-12-18/h1-6,9-12,19H,7-8,13-16H2. The summed E-state index contributed by atoms with van der Waals surface area (Å²) in [5.41, 5.74) is 2.38. The van der Waals surface area contributed by atoms with Crippen molar-refractivity contribution < 1.29 is 4.52 Å². The average molecular weight is 333 g/mol. The molecule has 25 heavy (non-hydrogen) atoms. The van der Waals surface area contributed by atoms with Gasteiger partial charge in [-0.3, -0.25) is 4.90 Å². The lowest BCUT2D eigenvalue weighted by Crippen LogP contribution is -2.35. The van der Waals surface area contributed by atoms with Crippen LogP contribution in [0.3, 0.4) is 0 Å². The second kappa shape index (κ2) is 7.62. The highest BCUT2D eigenvalue weighted by Crippen LogP contribution is 2.31. The zero-order valence-electron chi connectivity index (χ0n) is 14.3. The number of hydrogen-bond acceptors (Lipinski definition) is 4. The molecule has 0 saturated carbocycles. The smallest absolute Gasteiger partial charge is 0.244 e. The van der Waals surface area contributed by atoms with Gasteiger partial charge >= 0.3 is 0 Å². The minimum absolute atomic E-state index is 0.238. The Morgan fingerprint density at radius 1 is 0.960 bits per heavy atom. The van der Waals surface area contributed by atoms with E-state index in [1.165, 1.54) is 18.4 Å². The fourth-order valence-electron chi connectivity index (χ4n) is 3.53. The van der Waals surface area contributed by atoms with E-state index in [-0.39, 0.29) is 6.04 Å². The van der Waals surface area contributed by atoms with Crippen LogP contribution in [0, 0.1) is 0 Å². The molecule has 0 N–H and O–H groups in total.